The Kier molecular flexibility index (Phi) is 4.31. The predicted molar refractivity (Wildman–Crippen MR) is 76.3 cm³/mol. The van der Waals surface area contributed by atoms with Gasteiger partial charge in [0.1, 0.15) is 0 Å². The zero-order chi connectivity index (χ0) is 12.3. The largest absolute Gasteiger partial charge is 0.323 e. The van der Waals surface area contributed by atoms with Gasteiger partial charge in [-0.3, -0.25) is 4.98 Å². The molecule has 0 spiro atoms. The highest BCUT2D eigenvalue weighted by Crippen LogP contribution is 2.26. The fourth-order valence-electron chi connectivity index (χ4n) is 1.63. The molecule has 2 N–H and O–H groups in total. The van der Waals surface area contributed by atoms with Gasteiger partial charge in [-0.2, -0.15) is 0 Å². The molecule has 0 aliphatic carbocycles. The summed E-state index contributed by atoms with van der Waals surface area (Å²) in [7, 11) is 0. The highest BCUT2D eigenvalue weighted by Gasteiger charge is 2.10. The Bertz CT molecular complexity index is 478. The summed E-state index contributed by atoms with van der Waals surface area (Å²) in [4.78, 5) is 5.63. The van der Waals surface area contributed by atoms with Crippen LogP contribution in [0.4, 0.5) is 0 Å². The number of rotatable bonds is 4. The minimum Gasteiger partial charge on any atom is -0.323 e. The van der Waals surface area contributed by atoms with Crippen molar-refractivity contribution in [3.05, 3.63) is 50.4 Å². The van der Waals surface area contributed by atoms with Crippen molar-refractivity contribution < 1.29 is 0 Å². The molecule has 1 unspecified atom stereocenters. The number of aromatic nitrogens is 1. The minimum absolute atomic E-state index is 0.0336. The molecule has 0 saturated carbocycles. The number of hydrogen-bond acceptors (Lipinski definition) is 3. The van der Waals surface area contributed by atoms with E-state index in [9.17, 15) is 0 Å². The molecule has 90 valence electrons. The number of halogens is 1. The molecule has 2 heterocycles. The smallest absolute Gasteiger partial charge is 0.0446 e. The Hall–Kier alpha value is -0.710. The van der Waals surface area contributed by atoms with Crippen LogP contribution in [0.5, 0.6) is 0 Å². The molecule has 0 fully saturated rings. The number of aryl methyl sites for hydroxylation is 1. The highest BCUT2D eigenvalue weighted by atomic mass is 79.9. The van der Waals surface area contributed by atoms with Gasteiger partial charge >= 0.3 is 0 Å². The second-order valence-electron chi connectivity index (χ2n) is 3.99. The molecule has 4 heteroatoms. The third-order valence-corrected chi connectivity index (χ3v) is 4.50. The molecule has 2 aromatic rings. The molecule has 1 atom stereocenters. The van der Waals surface area contributed by atoms with Crippen LogP contribution in [0, 0.1) is 0 Å². The maximum atomic E-state index is 6.16. The molecular weight excluding hydrogens is 296 g/mol. The van der Waals surface area contributed by atoms with E-state index in [1.165, 1.54) is 10.4 Å². The SMILES string of the molecule is CCc1ccc(CC(N)c2cc(Br)cs2)nc1. The zero-order valence-electron chi connectivity index (χ0n) is 9.69. The van der Waals surface area contributed by atoms with Crippen LogP contribution in [-0.2, 0) is 12.8 Å². The van der Waals surface area contributed by atoms with Crippen LogP contribution in [0.25, 0.3) is 0 Å². The summed E-state index contributed by atoms with van der Waals surface area (Å²) in [6, 6.07) is 6.31. The summed E-state index contributed by atoms with van der Waals surface area (Å²) in [6.45, 7) is 2.13. The minimum atomic E-state index is 0.0336. The lowest BCUT2D eigenvalue weighted by Crippen LogP contribution is -2.12. The van der Waals surface area contributed by atoms with Gasteiger partial charge in [0, 0.05) is 39.1 Å². The zero-order valence-corrected chi connectivity index (χ0v) is 12.1. The normalized spacial score (nSPS) is 12.6. The van der Waals surface area contributed by atoms with Crippen LogP contribution >= 0.6 is 27.3 Å². The molecule has 2 rings (SSSR count). The van der Waals surface area contributed by atoms with Crippen molar-refractivity contribution in [3.63, 3.8) is 0 Å². The quantitative estimate of drug-likeness (QED) is 0.935. The van der Waals surface area contributed by atoms with Crippen LogP contribution in [0.1, 0.15) is 29.1 Å². The van der Waals surface area contributed by atoms with Crippen molar-refractivity contribution in [2.24, 2.45) is 5.73 Å². The topological polar surface area (TPSA) is 38.9 Å². The van der Waals surface area contributed by atoms with E-state index in [1.807, 2.05) is 6.20 Å². The van der Waals surface area contributed by atoms with E-state index in [0.29, 0.717) is 0 Å². The lowest BCUT2D eigenvalue weighted by Gasteiger charge is -2.09. The molecule has 0 bridgehead atoms. The summed E-state index contributed by atoms with van der Waals surface area (Å²) in [5, 5.41) is 2.06. The number of nitrogens with two attached hydrogens (primary N) is 1. The van der Waals surface area contributed by atoms with Crippen LogP contribution in [0.15, 0.2) is 34.2 Å². The van der Waals surface area contributed by atoms with Crippen LogP contribution < -0.4 is 5.73 Å². The lowest BCUT2D eigenvalue weighted by molar-refractivity contribution is 0.719. The van der Waals surface area contributed by atoms with E-state index >= 15 is 0 Å². The van der Waals surface area contributed by atoms with Crippen molar-refractivity contribution in [3.8, 4) is 0 Å². The van der Waals surface area contributed by atoms with Crippen LogP contribution in [0.2, 0.25) is 0 Å². The first-order valence-electron chi connectivity index (χ1n) is 5.62. The predicted octanol–water partition coefficient (Wildman–Crippen LogP) is 3.71. The van der Waals surface area contributed by atoms with Gasteiger partial charge in [-0.15, -0.1) is 11.3 Å². The summed E-state index contributed by atoms with van der Waals surface area (Å²) in [5.41, 5.74) is 8.48. The van der Waals surface area contributed by atoms with Crippen molar-refractivity contribution in [1.29, 1.82) is 0 Å². The van der Waals surface area contributed by atoms with Gasteiger partial charge < -0.3 is 5.73 Å². The number of hydrogen-bond donors (Lipinski definition) is 1. The van der Waals surface area contributed by atoms with Gasteiger partial charge in [-0.1, -0.05) is 13.0 Å². The van der Waals surface area contributed by atoms with E-state index < -0.39 is 0 Å². The first kappa shape index (κ1) is 12.7. The van der Waals surface area contributed by atoms with Gasteiger partial charge in [0.05, 0.1) is 0 Å². The third kappa shape index (κ3) is 3.37. The maximum Gasteiger partial charge on any atom is 0.0446 e. The molecule has 2 aromatic heterocycles. The molecule has 0 amide bonds. The maximum absolute atomic E-state index is 6.16. The highest BCUT2D eigenvalue weighted by molar-refractivity contribution is 9.10. The molecule has 2 nitrogen and oxygen atoms in total. The van der Waals surface area contributed by atoms with E-state index in [1.54, 1.807) is 11.3 Å². The average molecular weight is 311 g/mol. The first-order valence-corrected chi connectivity index (χ1v) is 7.29. The molecule has 0 saturated heterocycles. The van der Waals surface area contributed by atoms with Crippen molar-refractivity contribution in [2.45, 2.75) is 25.8 Å². The van der Waals surface area contributed by atoms with Gasteiger partial charge in [0.25, 0.3) is 0 Å². The third-order valence-electron chi connectivity index (χ3n) is 2.68. The van der Waals surface area contributed by atoms with E-state index in [2.05, 4.69) is 51.4 Å². The Morgan fingerprint density at radius 3 is 2.82 bits per heavy atom. The molecule has 0 aliphatic rings. The standard InChI is InChI=1S/C13H15BrN2S/c1-2-9-3-4-11(16-7-9)6-12(15)13-5-10(14)8-17-13/h3-5,7-8,12H,2,6,15H2,1H3. The number of nitrogens with zero attached hydrogens (tertiary/aromatic N) is 1. The summed E-state index contributed by atoms with van der Waals surface area (Å²) >= 11 is 5.13. The molecule has 0 radical (unpaired) electrons. The van der Waals surface area contributed by atoms with Gasteiger partial charge in [0.2, 0.25) is 0 Å². The summed E-state index contributed by atoms with van der Waals surface area (Å²) in [5.74, 6) is 0. The Balaban J connectivity index is 2.04. The fourth-order valence-corrected chi connectivity index (χ4v) is 3.08. The van der Waals surface area contributed by atoms with Crippen LogP contribution in [-0.4, -0.2) is 4.98 Å². The van der Waals surface area contributed by atoms with Crippen molar-refractivity contribution in [2.75, 3.05) is 0 Å². The van der Waals surface area contributed by atoms with E-state index in [-0.39, 0.29) is 6.04 Å². The van der Waals surface area contributed by atoms with Gasteiger partial charge in [-0.25, -0.2) is 0 Å². The van der Waals surface area contributed by atoms with Crippen molar-refractivity contribution >= 4 is 27.3 Å². The number of pyridine rings is 1. The van der Waals surface area contributed by atoms with Crippen LogP contribution in [0.3, 0.4) is 0 Å². The lowest BCUT2D eigenvalue weighted by atomic mass is 10.1. The Morgan fingerprint density at radius 1 is 1.47 bits per heavy atom. The molecule has 0 aromatic carbocycles. The van der Waals surface area contributed by atoms with Gasteiger partial charge in [0.15, 0.2) is 0 Å². The monoisotopic (exact) mass is 310 g/mol. The second-order valence-corrected chi connectivity index (χ2v) is 5.85. The van der Waals surface area contributed by atoms with E-state index in [4.69, 9.17) is 5.73 Å². The Labute approximate surface area is 114 Å². The summed E-state index contributed by atoms with van der Waals surface area (Å²) < 4.78 is 1.10. The molecule has 17 heavy (non-hydrogen) atoms. The molecule has 0 aliphatic heterocycles. The van der Waals surface area contributed by atoms with E-state index in [0.717, 1.165) is 23.0 Å². The summed E-state index contributed by atoms with van der Waals surface area (Å²) in [6.07, 6.45) is 3.75. The van der Waals surface area contributed by atoms with Crippen molar-refractivity contribution in [1.82, 2.24) is 4.98 Å². The first-order chi connectivity index (χ1) is 8.19. The molecular formula is C13H15BrN2S. The fraction of sp³-hybridized carbons (Fsp3) is 0.308. The average Bonchev–Trinajstić information content (AvgIpc) is 2.77. The van der Waals surface area contributed by atoms with Gasteiger partial charge in [-0.05, 0) is 40.0 Å². The number of thiophene rings is 1. The second kappa shape index (κ2) is 5.76. The Morgan fingerprint density at radius 2 is 2.29 bits per heavy atom.